The number of hydrogen-bond acceptors (Lipinski definition) is 2. The minimum atomic E-state index is -0.204. The predicted octanol–water partition coefficient (Wildman–Crippen LogP) is 3.64. The van der Waals surface area contributed by atoms with E-state index in [9.17, 15) is 4.39 Å². The Hall–Kier alpha value is -0.500. The van der Waals surface area contributed by atoms with Gasteiger partial charge in [0.05, 0.1) is 6.54 Å². The van der Waals surface area contributed by atoms with Gasteiger partial charge in [-0.15, -0.1) is 24.0 Å². The molecular formula is C16H27FIN3S. The van der Waals surface area contributed by atoms with Crippen LogP contribution in [-0.4, -0.2) is 37.6 Å². The fraction of sp³-hybridized carbons (Fsp3) is 0.562. The summed E-state index contributed by atoms with van der Waals surface area (Å²) in [6, 6.07) is 6.67. The van der Waals surface area contributed by atoms with Gasteiger partial charge < -0.3 is 10.6 Å². The minimum Gasteiger partial charge on any atom is -0.357 e. The molecule has 1 aromatic carbocycles. The van der Waals surface area contributed by atoms with Crippen molar-refractivity contribution in [2.75, 3.05) is 31.6 Å². The molecule has 0 spiro atoms. The maximum Gasteiger partial charge on any atom is 0.191 e. The summed E-state index contributed by atoms with van der Waals surface area (Å²) in [5.41, 5.74) is 0.961. The van der Waals surface area contributed by atoms with E-state index in [1.165, 1.54) is 12.1 Å². The fourth-order valence-electron chi connectivity index (χ4n) is 1.88. The third-order valence-electron chi connectivity index (χ3n) is 3.20. The molecule has 0 radical (unpaired) electrons. The lowest BCUT2D eigenvalue weighted by molar-refractivity contribution is 0.535. The highest BCUT2D eigenvalue weighted by molar-refractivity contribution is 14.0. The molecule has 2 N–H and O–H groups in total. The van der Waals surface area contributed by atoms with E-state index in [-0.39, 0.29) is 35.2 Å². The van der Waals surface area contributed by atoms with E-state index < -0.39 is 0 Å². The van der Waals surface area contributed by atoms with Crippen LogP contribution in [0, 0.1) is 5.82 Å². The van der Waals surface area contributed by atoms with Crippen molar-refractivity contribution >= 4 is 41.7 Å². The van der Waals surface area contributed by atoms with E-state index in [4.69, 9.17) is 0 Å². The average Bonchev–Trinajstić information content (AvgIpc) is 2.45. The number of guanidine groups is 1. The highest BCUT2D eigenvalue weighted by Crippen LogP contribution is 2.23. The number of aliphatic imine (C=N–C) groups is 1. The average molecular weight is 439 g/mol. The zero-order valence-electron chi connectivity index (χ0n) is 13.8. The molecule has 0 aromatic heterocycles. The summed E-state index contributed by atoms with van der Waals surface area (Å²) >= 11 is 1.80. The summed E-state index contributed by atoms with van der Waals surface area (Å²) in [7, 11) is 0. The standard InChI is InChI=1S/C16H26FN3S.HI/c1-5-18-15(19-10-11-21-4)20-12-16(2,3)13-6-8-14(17)9-7-13;/h6-9H,5,10-12H2,1-4H3,(H2,18,19,20);1H. The Balaban J connectivity index is 0.00000441. The molecule has 0 aliphatic heterocycles. The molecule has 1 rings (SSSR count). The molecule has 0 aliphatic carbocycles. The van der Waals surface area contributed by atoms with Crippen LogP contribution in [0.25, 0.3) is 0 Å². The van der Waals surface area contributed by atoms with E-state index in [0.29, 0.717) is 6.54 Å². The minimum absolute atomic E-state index is 0. The first-order valence-electron chi connectivity index (χ1n) is 7.26. The van der Waals surface area contributed by atoms with Gasteiger partial charge in [0.1, 0.15) is 5.82 Å². The molecule has 0 fully saturated rings. The lowest BCUT2D eigenvalue weighted by Gasteiger charge is -2.24. The topological polar surface area (TPSA) is 36.4 Å². The van der Waals surface area contributed by atoms with Crippen molar-refractivity contribution in [1.29, 1.82) is 0 Å². The van der Waals surface area contributed by atoms with Crippen LogP contribution in [0.5, 0.6) is 0 Å². The Morgan fingerprint density at radius 2 is 1.86 bits per heavy atom. The predicted molar refractivity (Wildman–Crippen MR) is 107 cm³/mol. The smallest absolute Gasteiger partial charge is 0.191 e. The Labute approximate surface area is 155 Å². The SMILES string of the molecule is CCNC(=NCC(C)(C)c1ccc(F)cc1)NCCSC.I. The second kappa shape index (κ2) is 11.1. The number of benzene rings is 1. The number of hydrogen-bond donors (Lipinski definition) is 2. The van der Waals surface area contributed by atoms with E-state index in [0.717, 1.165) is 30.4 Å². The zero-order chi connectivity index (χ0) is 15.7. The summed E-state index contributed by atoms with van der Waals surface area (Å²) in [6.45, 7) is 8.67. The third kappa shape index (κ3) is 7.67. The van der Waals surface area contributed by atoms with Crippen molar-refractivity contribution in [2.24, 2.45) is 4.99 Å². The second-order valence-corrected chi connectivity index (χ2v) is 6.49. The Morgan fingerprint density at radius 1 is 1.23 bits per heavy atom. The van der Waals surface area contributed by atoms with Gasteiger partial charge in [-0.1, -0.05) is 26.0 Å². The second-order valence-electron chi connectivity index (χ2n) is 5.51. The zero-order valence-corrected chi connectivity index (χ0v) is 16.9. The van der Waals surface area contributed by atoms with Gasteiger partial charge in [-0.3, -0.25) is 4.99 Å². The van der Waals surface area contributed by atoms with Crippen LogP contribution >= 0.6 is 35.7 Å². The largest absolute Gasteiger partial charge is 0.357 e. The van der Waals surface area contributed by atoms with Crippen LogP contribution in [0.15, 0.2) is 29.3 Å². The van der Waals surface area contributed by atoms with Crippen molar-refractivity contribution in [1.82, 2.24) is 10.6 Å². The Morgan fingerprint density at radius 3 is 2.41 bits per heavy atom. The van der Waals surface area contributed by atoms with Crippen LogP contribution in [0.1, 0.15) is 26.3 Å². The molecule has 0 saturated carbocycles. The Kier molecular flexibility index (Phi) is 10.8. The third-order valence-corrected chi connectivity index (χ3v) is 3.81. The molecule has 126 valence electrons. The molecule has 22 heavy (non-hydrogen) atoms. The number of thioether (sulfide) groups is 1. The van der Waals surface area contributed by atoms with Crippen LogP contribution in [-0.2, 0) is 5.41 Å². The summed E-state index contributed by atoms with van der Waals surface area (Å²) in [5.74, 6) is 1.68. The van der Waals surface area contributed by atoms with Crippen molar-refractivity contribution < 1.29 is 4.39 Å². The van der Waals surface area contributed by atoms with E-state index >= 15 is 0 Å². The van der Waals surface area contributed by atoms with Gasteiger partial charge in [-0.05, 0) is 30.9 Å². The summed E-state index contributed by atoms with van der Waals surface area (Å²) in [5, 5.41) is 6.56. The molecule has 0 unspecified atom stereocenters. The van der Waals surface area contributed by atoms with E-state index in [1.54, 1.807) is 11.8 Å². The first-order chi connectivity index (χ1) is 9.99. The number of halogens is 2. The lowest BCUT2D eigenvalue weighted by Crippen LogP contribution is -2.39. The number of nitrogens with zero attached hydrogens (tertiary/aromatic N) is 1. The molecule has 0 amide bonds. The maximum atomic E-state index is 13.0. The van der Waals surface area contributed by atoms with E-state index in [1.807, 2.05) is 12.1 Å². The van der Waals surface area contributed by atoms with Gasteiger partial charge in [0.2, 0.25) is 0 Å². The van der Waals surface area contributed by atoms with Crippen LogP contribution < -0.4 is 10.6 Å². The summed E-state index contributed by atoms with van der Waals surface area (Å²) in [4.78, 5) is 4.65. The number of rotatable bonds is 7. The van der Waals surface area contributed by atoms with Gasteiger partial charge in [0.15, 0.2) is 5.96 Å². The van der Waals surface area contributed by atoms with Crippen LogP contribution in [0.3, 0.4) is 0 Å². The van der Waals surface area contributed by atoms with Gasteiger partial charge in [-0.2, -0.15) is 11.8 Å². The van der Waals surface area contributed by atoms with Crippen molar-refractivity contribution in [3.05, 3.63) is 35.6 Å². The summed E-state index contributed by atoms with van der Waals surface area (Å²) < 4.78 is 13.0. The van der Waals surface area contributed by atoms with Crippen LogP contribution in [0.4, 0.5) is 4.39 Å². The van der Waals surface area contributed by atoms with Gasteiger partial charge >= 0.3 is 0 Å². The van der Waals surface area contributed by atoms with E-state index in [2.05, 4.69) is 42.7 Å². The monoisotopic (exact) mass is 439 g/mol. The van der Waals surface area contributed by atoms with Crippen LogP contribution in [0.2, 0.25) is 0 Å². The first kappa shape index (κ1) is 21.5. The molecule has 0 saturated heterocycles. The fourth-order valence-corrected chi connectivity index (χ4v) is 2.19. The quantitative estimate of drug-likeness (QED) is 0.295. The lowest BCUT2D eigenvalue weighted by atomic mass is 9.85. The van der Waals surface area contributed by atoms with Crippen molar-refractivity contribution in [3.63, 3.8) is 0 Å². The number of nitrogens with one attached hydrogen (secondary N) is 2. The molecule has 0 atom stereocenters. The summed E-state index contributed by atoms with van der Waals surface area (Å²) in [6.07, 6.45) is 2.09. The van der Waals surface area contributed by atoms with Crippen molar-refractivity contribution in [2.45, 2.75) is 26.2 Å². The highest BCUT2D eigenvalue weighted by atomic mass is 127. The normalized spacial score (nSPS) is 11.8. The molecular weight excluding hydrogens is 412 g/mol. The molecule has 6 heteroatoms. The maximum absolute atomic E-state index is 13.0. The molecule has 1 aromatic rings. The van der Waals surface area contributed by atoms with Gasteiger partial charge in [-0.25, -0.2) is 4.39 Å². The van der Waals surface area contributed by atoms with Crippen molar-refractivity contribution in [3.8, 4) is 0 Å². The molecule has 3 nitrogen and oxygen atoms in total. The first-order valence-corrected chi connectivity index (χ1v) is 8.66. The highest BCUT2D eigenvalue weighted by Gasteiger charge is 2.20. The van der Waals surface area contributed by atoms with Gasteiger partial charge in [0.25, 0.3) is 0 Å². The Bertz CT molecular complexity index is 449. The molecule has 0 bridgehead atoms. The molecule has 0 heterocycles. The van der Waals surface area contributed by atoms with Gasteiger partial charge in [0, 0.05) is 24.3 Å². The molecule has 0 aliphatic rings.